The first-order valence-electron chi connectivity index (χ1n) is 9.79. The number of hydrogen-bond acceptors (Lipinski definition) is 6. The van der Waals surface area contributed by atoms with Gasteiger partial charge in [0.1, 0.15) is 5.75 Å². The second-order valence-electron chi connectivity index (χ2n) is 6.87. The summed E-state index contributed by atoms with van der Waals surface area (Å²) in [5.41, 5.74) is 1.11. The third kappa shape index (κ3) is 4.27. The SMILES string of the molecule is CCOc1ccc(C2CCCN2C(=O)CCn2nc(-c3cccs3)oc2=O)cc1. The zero-order valence-electron chi connectivity index (χ0n) is 16.2. The molecule has 1 aromatic carbocycles. The van der Waals surface area contributed by atoms with Gasteiger partial charge in [-0.25, -0.2) is 4.79 Å². The number of benzene rings is 1. The van der Waals surface area contributed by atoms with Crippen LogP contribution < -0.4 is 10.5 Å². The van der Waals surface area contributed by atoms with Gasteiger partial charge < -0.3 is 14.1 Å². The molecule has 1 atom stereocenters. The maximum absolute atomic E-state index is 12.8. The van der Waals surface area contributed by atoms with E-state index in [9.17, 15) is 9.59 Å². The lowest BCUT2D eigenvalue weighted by Crippen LogP contribution is -2.32. The van der Waals surface area contributed by atoms with Crippen LogP contribution in [0.25, 0.3) is 10.8 Å². The topological polar surface area (TPSA) is 77.6 Å². The molecule has 0 spiro atoms. The van der Waals surface area contributed by atoms with Gasteiger partial charge in [0, 0.05) is 13.0 Å². The van der Waals surface area contributed by atoms with Crippen LogP contribution in [-0.2, 0) is 11.3 Å². The third-order valence-electron chi connectivity index (χ3n) is 5.02. The number of amides is 1. The van der Waals surface area contributed by atoms with Gasteiger partial charge in [-0.15, -0.1) is 16.4 Å². The van der Waals surface area contributed by atoms with Crippen molar-refractivity contribution in [3.63, 3.8) is 0 Å². The average molecular weight is 413 g/mol. The number of aromatic nitrogens is 2. The molecule has 3 aromatic rings. The minimum absolute atomic E-state index is 0.0222. The van der Waals surface area contributed by atoms with Crippen molar-refractivity contribution < 1.29 is 13.9 Å². The Morgan fingerprint density at radius 1 is 1.31 bits per heavy atom. The second kappa shape index (κ2) is 8.65. The lowest BCUT2D eigenvalue weighted by Gasteiger charge is -2.25. The fraction of sp³-hybridized carbons (Fsp3) is 0.381. The molecule has 0 bridgehead atoms. The van der Waals surface area contributed by atoms with E-state index in [-0.39, 0.29) is 24.9 Å². The Bertz CT molecular complexity index is 1010. The molecule has 1 aliphatic rings. The maximum Gasteiger partial charge on any atom is 0.437 e. The molecule has 4 rings (SSSR count). The number of likely N-dealkylation sites (tertiary alicyclic amines) is 1. The lowest BCUT2D eigenvalue weighted by molar-refractivity contribution is -0.132. The largest absolute Gasteiger partial charge is 0.494 e. The van der Waals surface area contributed by atoms with Crippen molar-refractivity contribution in [3.8, 4) is 16.5 Å². The summed E-state index contributed by atoms with van der Waals surface area (Å²) < 4.78 is 11.9. The van der Waals surface area contributed by atoms with Crippen molar-refractivity contribution in [3.05, 3.63) is 57.9 Å². The molecule has 1 aliphatic heterocycles. The first-order valence-corrected chi connectivity index (χ1v) is 10.7. The van der Waals surface area contributed by atoms with Gasteiger partial charge in [0.25, 0.3) is 5.89 Å². The van der Waals surface area contributed by atoms with Crippen LogP contribution in [0.1, 0.15) is 37.8 Å². The third-order valence-corrected chi connectivity index (χ3v) is 5.88. The van der Waals surface area contributed by atoms with Gasteiger partial charge in [0.05, 0.1) is 24.1 Å². The summed E-state index contributed by atoms with van der Waals surface area (Å²) >= 11 is 1.45. The minimum atomic E-state index is -0.536. The van der Waals surface area contributed by atoms with Gasteiger partial charge in [0.15, 0.2) is 0 Å². The molecule has 152 valence electrons. The maximum atomic E-state index is 12.8. The van der Waals surface area contributed by atoms with Crippen LogP contribution in [0.3, 0.4) is 0 Å². The van der Waals surface area contributed by atoms with Crippen LogP contribution in [0.5, 0.6) is 5.75 Å². The molecule has 7 nitrogen and oxygen atoms in total. The van der Waals surface area contributed by atoms with Crippen molar-refractivity contribution in [2.24, 2.45) is 0 Å². The van der Waals surface area contributed by atoms with Crippen molar-refractivity contribution in [2.75, 3.05) is 13.2 Å². The molecule has 8 heteroatoms. The molecule has 1 amide bonds. The van der Waals surface area contributed by atoms with E-state index in [0.717, 1.165) is 35.6 Å². The molecule has 0 saturated carbocycles. The summed E-state index contributed by atoms with van der Waals surface area (Å²) in [7, 11) is 0. The molecule has 3 heterocycles. The summed E-state index contributed by atoms with van der Waals surface area (Å²) in [6.45, 7) is 3.52. The monoisotopic (exact) mass is 413 g/mol. The predicted molar refractivity (Wildman–Crippen MR) is 110 cm³/mol. The number of aryl methyl sites for hydroxylation is 1. The molecule has 0 N–H and O–H groups in total. The van der Waals surface area contributed by atoms with E-state index in [4.69, 9.17) is 9.15 Å². The first-order chi connectivity index (χ1) is 14.2. The fourth-order valence-corrected chi connectivity index (χ4v) is 4.30. The second-order valence-corrected chi connectivity index (χ2v) is 7.82. The predicted octanol–water partition coefficient (Wildman–Crippen LogP) is 3.72. The normalized spacial score (nSPS) is 16.3. The van der Waals surface area contributed by atoms with Gasteiger partial charge in [-0.2, -0.15) is 4.68 Å². The molecule has 1 unspecified atom stereocenters. The number of nitrogens with zero attached hydrogens (tertiary/aromatic N) is 3. The van der Waals surface area contributed by atoms with Crippen LogP contribution >= 0.6 is 11.3 Å². The van der Waals surface area contributed by atoms with E-state index in [2.05, 4.69) is 5.10 Å². The van der Waals surface area contributed by atoms with Gasteiger partial charge in [0.2, 0.25) is 5.91 Å². The van der Waals surface area contributed by atoms with Gasteiger partial charge >= 0.3 is 5.76 Å². The molecular weight excluding hydrogens is 390 g/mol. The van der Waals surface area contributed by atoms with Crippen LogP contribution in [0.2, 0.25) is 0 Å². The van der Waals surface area contributed by atoms with E-state index in [1.807, 2.05) is 53.6 Å². The van der Waals surface area contributed by atoms with E-state index >= 15 is 0 Å². The Morgan fingerprint density at radius 2 is 2.14 bits per heavy atom. The Morgan fingerprint density at radius 3 is 2.86 bits per heavy atom. The molecule has 1 saturated heterocycles. The molecule has 0 radical (unpaired) electrons. The van der Waals surface area contributed by atoms with E-state index in [0.29, 0.717) is 12.5 Å². The van der Waals surface area contributed by atoms with Crippen molar-refractivity contribution in [1.82, 2.24) is 14.7 Å². The highest BCUT2D eigenvalue weighted by Crippen LogP contribution is 2.33. The zero-order valence-corrected chi connectivity index (χ0v) is 17.1. The Labute approximate surface area is 172 Å². The van der Waals surface area contributed by atoms with Gasteiger partial charge in [-0.05, 0) is 48.9 Å². The van der Waals surface area contributed by atoms with E-state index in [1.165, 1.54) is 16.0 Å². The van der Waals surface area contributed by atoms with Crippen molar-refractivity contribution in [1.29, 1.82) is 0 Å². The number of thiophene rings is 1. The van der Waals surface area contributed by atoms with Crippen LogP contribution in [0, 0.1) is 0 Å². The highest BCUT2D eigenvalue weighted by atomic mass is 32.1. The molecule has 1 fully saturated rings. The Balaban J connectivity index is 1.41. The van der Waals surface area contributed by atoms with Crippen LogP contribution in [0.15, 0.2) is 51.0 Å². The number of rotatable bonds is 7. The average Bonchev–Trinajstić information content (AvgIpc) is 3.48. The van der Waals surface area contributed by atoms with Crippen LogP contribution in [-0.4, -0.2) is 33.7 Å². The quantitative estimate of drug-likeness (QED) is 0.590. The highest BCUT2D eigenvalue weighted by Gasteiger charge is 2.29. The van der Waals surface area contributed by atoms with Crippen LogP contribution in [0.4, 0.5) is 0 Å². The summed E-state index contributed by atoms with van der Waals surface area (Å²) in [4.78, 5) is 27.6. The minimum Gasteiger partial charge on any atom is -0.494 e. The molecule has 29 heavy (non-hydrogen) atoms. The first kappa shape index (κ1) is 19.4. The van der Waals surface area contributed by atoms with Gasteiger partial charge in [-0.1, -0.05) is 18.2 Å². The standard InChI is InChI=1S/C21H23N3O4S/c1-2-27-16-9-7-15(8-10-16)17-5-3-12-23(17)19(25)11-13-24-21(26)28-20(22-24)18-6-4-14-29-18/h4,6-10,14,17H,2-3,5,11-13H2,1H3. The number of carbonyl (C=O) groups is 1. The summed E-state index contributed by atoms with van der Waals surface area (Å²) in [5.74, 6) is 0.615. The number of carbonyl (C=O) groups excluding carboxylic acids is 1. The van der Waals surface area contributed by atoms with E-state index < -0.39 is 5.76 Å². The highest BCUT2D eigenvalue weighted by molar-refractivity contribution is 7.13. The van der Waals surface area contributed by atoms with Crippen molar-refractivity contribution >= 4 is 17.2 Å². The molecular formula is C21H23N3O4S. The number of hydrogen-bond donors (Lipinski definition) is 0. The van der Waals surface area contributed by atoms with E-state index in [1.54, 1.807) is 0 Å². The van der Waals surface area contributed by atoms with Gasteiger partial charge in [-0.3, -0.25) is 4.79 Å². The van der Waals surface area contributed by atoms with Crippen molar-refractivity contribution in [2.45, 2.75) is 38.8 Å². The lowest BCUT2D eigenvalue weighted by atomic mass is 10.0. The number of ether oxygens (including phenoxy) is 1. The summed E-state index contributed by atoms with van der Waals surface area (Å²) in [6.07, 6.45) is 2.12. The molecule has 2 aromatic heterocycles. The molecule has 0 aliphatic carbocycles. The summed E-state index contributed by atoms with van der Waals surface area (Å²) in [5, 5.41) is 6.11. The Kier molecular flexibility index (Phi) is 5.80. The zero-order chi connectivity index (χ0) is 20.2. The smallest absolute Gasteiger partial charge is 0.437 e. The Hall–Kier alpha value is -2.87. The fourth-order valence-electron chi connectivity index (χ4n) is 3.66. The summed E-state index contributed by atoms with van der Waals surface area (Å²) in [6, 6.07) is 11.7.